The third-order valence-corrected chi connectivity index (χ3v) is 6.04. The Balaban J connectivity index is 1.39. The molecule has 6 nitrogen and oxygen atoms in total. The van der Waals surface area contributed by atoms with Crippen molar-refractivity contribution in [2.45, 2.75) is 75.9 Å². The summed E-state index contributed by atoms with van der Waals surface area (Å²) in [6, 6.07) is 0.331. The van der Waals surface area contributed by atoms with Gasteiger partial charge in [-0.1, -0.05) is 12.8 Å². The molecule has 132 valence electrons. The van der Waals surface area contributed by atoms with Crippen LogP contribution in [0, 0.1) is 5.92 Å². The van der Waals surface area contributed by atoms with Gasteiger partial charge in [0.15, 0.2) is 0 Å². The molecule has 0 aromatic carbocycles. The van der Waals surface area contributed by atoms with E-state index in [0.29, 0.717) is 31.6 Å². The van der Waals surface area contributed by atoms with Gasteiger partial charge in [-0.25, -0.2) is 0 Å². The van der Waals surface area contributed by atoms with E-state index in [0.717, 1.165) is 38.5 Å². The van der Waals surface area contributed by atoms with Gasteiger partial charge in [0.1, 0.15) is 6.04 Å². The van der Waals surface area contributed by atoms with Crippen LogP contribution in [0.4, 0.5) is 0 Å². The Kier molecular flexibility index (Phi) is 4.22. The molecule has 2 saturated heterocycles. The van der Waals surface area contributed by atoms with Crippen molar-refractivity contribution >= 4 is 17.7 Å². The number of likely N-dealkylation sites (tertiary alicyclic amines) is 2. The van der Waals surface area contributed by atoms with Gasteiger partial charge < -0.3 is 15.1 Å². The van der Waals surface area contributed by atoms with Crippen LogP contribution in [-0.4, -0.2) is 58.7 Å². The van der Waals surface area contributed by atoms with Gasteiger partial charge in [0, 0.05) is 31.6 Å². The zero-order chi connectivity index (χ0) is 16.7. The predicted molar refractivity (Wildman–Crippen MR) is 88.0 cm³/mol. The molecule has 24 heavy (non-hydrogen) atoms. The van der Waals surface area contributed by atoms with Crippen molar-refractivity contribution in [3.05, 3.63) is 0 Å². The number of hydrogen-bond acceptors (Lipinski definition) is 3. The third kappa shape index (κ3) is 3.03. The first kappa shape index (κ1) is 15.9. The minimum Gasteiger partial charge on any atom is -0.352 e. The van der Waals surface area contributed by atoms with Crippen LogP contribution in [0.5, 0.6) is 0 Å². The number of nitrogens with one attached hydrogen (secondary N) is 1. The van der Waals surface area contributed by atoms with E-state index in [9.17, 15) is 14.4 Å². The SMILES string of the molecule is O=C(NC1CC1)C1CCCN1C(=O)C1CC(=O)N(C2CCCC2)C1. The number of rotatable bonds is 4. The molecule has 4 fully saturated rings. The fourth-order valence-corrected chi connectivity index (χ4v) is 4.53. The summed E-state index contributed by atoms with van der Waals surface area (Å²) in [6.45, 7) is 1.20. The van der Waals surface area contributed by atoms with Gasteiger partial charge in [-0.2, -0.15) is 0 Å². The number of carbonyl (C=O) groups excluding carboxylic acids is 3. The maximum Gasteiger partial charge on any atom is 0.243 e. The summed E-state index contributed by atoms with van der Waals surface area (Å²) < 4.78 is 0. The van der Waals surface area contributed by atoms with Crippen molar-refractivity contribution in [1.82, 2.24) is 15.1 Å². The maximum atomic E-state index is 12.9. The number of hydrogen-bond donors (Lipinski definition) is 1. The molecule has 2 aliphatic heterocycles. The summed E-state index contributed by atoms with van der Waals surface area (Å²) in [4.78, 5) is 41.3. The van der Waals surface area contributed by atoms with Gasteiger partial charge in [0.25, 0.3) is 0 Å². The molecule has 1 N–H and O–H groups in total. The lowest BCUT2D eigenvalue weighted by Crippen LogP contribution is -2.48. The Morgan fingerprint density at radius 2 is 1.75 bits per heavy atom. The van der Waals surface area contributed by atoms with Gasteiger partial charge in [-0.05, 0) is 38.5 Å². The quantitative estimate of drug-likeness (QED) is 0.836. The molecule has 0 aromatic rings. The highest BCUT2D eigenvalue weighted by atomic mass is 16.2. The van der Waals surface area contributed by atoms with E-state index in [-0.39, 0.29) is 29.7 Å². The molecule has 2 saturated carbocycles. The Morgan fingerprint density at radius 3 is 2.46 bits per heavy atom. The zero-order valence-corrected chi connectivity index (χ0v) is 14.2. The molecule has 4 rings (SSSR count). The minimum atomic E-state index is -0.325. The summed E-state index contributed by atoms with van der Waals surface area (Å²) in [5, 5.41) is 3.02. The number of nitrogens with zero attached hydrogens (tertiary/aromatic N) is 2. The smallest absolute Gasteiger partial charge is 0.243 e. The molecular formula is C18H27N3O3. The number of amides is 3. The van der Waals surface area contributed by atoms with E-state index in [4.69, 9.17) is 0 Å². The summed E-state index contributed by atoms with van der Waals surface area (Å²) in [7, 11) is 0. The van der Waals surface area contributed by atoms with Gasteiger partial charge >= 0.3 is 0 Å². The van der Waals surface area contributed by atoms with Gasteiger partial charge in [0.2, 0.25) is 17.7 Å². The number of carbonyl (C=O) groups is 3. The predicted octanol–water partition coefficient (Wildman–Crippen LogP) is 1.05. The zero-order valence-electron chi connectivity index (χ0n) is 14.2. The fourth-order valence-electron chi connectivity index (χ4n) is 4.53. The average molecular weight is 333 g/mol. The molecule has 0 aromatic heterocycles. The van der Waals surface area contributed by atoms with Crippen molar-refractivity contribution in [3.8, 4) is 0 Å². The Hall–Kier alpha value is -1.59. The van der Waals surface area contributed by atoms with Gasteiger partial charge in [0.05, 0.1) is 5.92 Å². The highest BCUT2D eigenvalue weighted by Gasteiger charge is 2.44. The molecule has 4 aliphatic rings. The molecule has 0 bridgehead atoms. The van der Waals surface area contributed by atoms with Crippen LogP contribution in [0.15, 0.2) is 0 Å². The summed E-state index contributed by atoms with van der Waals surface area (Å²) in [5.74, 6) is -0.122. The van der Waals surface area contributed by atoms with Crippen LogP contribution in [0.2, 0.25) is 0 Å². The molecule has 3 amide bonds. The van der Waals surface area contributed by atoms with Crippen LogP contribution < -0.4 is 5.32 Å². The topological polar surface area (TPSA) is 69.7 Å². The summed E-state index contributed by atoms with van der Waals surface area (Å²) >= 11 is 0. The Labute approximate surface area is 142 Å². The maximum absolute atomic E-state index is 12.9. The molecular weight excluding hydrogens is 306 g/mol. The lowest BCUT2D eigenvalue weighted by atomic mass is 10.1. The Morgan fingerprint density at radius 1 is 1.00 bits per heavy atom. The highest BCUT2D eigenvalue weighted by Crippen LogP contribution is 2.31. The first-order valence-electron chi connectivity index (χ1n) is 9.54. The van der Waals surface area contributed by atoms with Crippen molar-refractivity contribution in [2.75, 3.05) is 13.1 Å². The Bertz CT molecular complexity index is 540. The average Bonchev–Trinajstić information content (AvgIpc) is 3.03. The molecule has 2 unspecified atom stereocenters. The lowest BCUT2D eigenvalue weighted by Gasteiger charge is -2.27. The van der Waals surface area contributed by atoms with E-state index >= 15 is 0 Å². The molecule has 6 heteroatoms. The molecule has 2 atom stereocenters. The molecule has 2 heterocycles. The van der Waals surface area contributed by atoms with Gasteiger partial charge in [-0.3, -0.25) is 14.4 Å². The minimum absolute atomic E-state index is 0.000299. The first-order valence-corrected chi connectivity index (χ1v) is 9.54. The summed E-state index contributed by atoms with van der Waals surface area (Å²) in [5.41, 5.74) is 0. The van der Waals surface area contributed by atoms with Crippen LogP contribution in [0.1, 0.15) is 57.8 Å². The normalized spacial score (nSPS) is 31.1. The lowest BCUT2D eigenvalue weighted by molar-refractivity contribution is -0.141. The van der Waals surface area contributed by atoms with E-state index in [1.807, 2.05) is 4.90 Å². The van der Waals surface area contributed by atoms with Gasteiger partial charge in [-0.15, -0.1) is 0 Å². The standard InChI is InChI=1S/C18H27N3O3/c22-16-10-12(11-21(16)14-4-1-2-5-14)18(24)20-9-3-6-15(20)17(23)19-13-7-8-13/h12-15H,1-11H2,(H,19,23). The monoisotopic (exact) mass is 333 g/mol. The van der Waals surface area contributed by atoms with Crippen molar-refractivity contribution in [1.29, 1.82) is 0 Å². The van der Waals surface area contributed by atoms with E-state index in [1.54, 1.807) is 4.90 Å². The van der Waals surface area contributed by atoms with E-state index in [1.165, 1.54) is 12.8 Å². The second-order valence-electron chi connectivity index (χ2n) is 7.86. The van der Waals surface area contributed by atoms with E-state index in [2.05, 4.69) is 5.32 Å². The molecule has 2 aliphatic carbocycles. The fraction of sp³-hybridized carbons (Fsp3) is 0.833. The van der Waals surface area contributed by atoms with Crippen LogP contribution in [0.25, 0.3) is 0 Å². The molecule has 0 radical (unpaired) electrons. The van der Waals surface area contributed by atoms with E-state index < -0.39 is 0 Å². The van der Waals surface area contributed by atoms with Crippen molar-refractivity contribution in [2.24, 2.45) is 5.92 Å². The van der Waals surface area contributed by atoms with Crippen LogP contribution >= 0.6 is 0 Å². The first-order chi connectivity index (χ1) is 11.6. The third-order valence-electron chi connectivity index (χ3n) is 6.04. The van der Waals surface area contributed by atoms with Crippen LogP contribution in [0.3, 0.4) is 0 Å². The second-order valence-corrected chi connectivity index (χ2v) is 7.86. The van der Waals surface area contributed by atoms with Crippen LogP contribution in [-0.2, 0) is 14.4 Å². The molecule has 0 spiro atoms. The van der Waals surface area contributed by atoms with Crippen molar-refractivity contribution < 1.29 is 14.4 Å². The summed E-state index contributed by atoms with van der Waals surface area (Å²) in [6.07, 6.45) is 8.57. The second kappa shape index (κ2) is 6.37. The van der Waals surface area contributed by atoms with Crippen molar-refractivity contribution in [3.63, 3.8) is 0 Å². The largest absolute Gasteiger partial charge is 0.352 e. The highest BCUT2D eigenvalue weighted by molar-refractivity contribution is 5.93.